The van der Waals surface area contributed by atoms with Crippen LogP contribution >= 0.6 is 0 Å². The minimum atomic E-state index is 1.21. The van der Waals surface area contributed by atoms with E-state index in [0.29, 0.717) is 0 Å². The predicted octanol–water partition coefficient (Wildman–Crippen LogP) is 7.41. The number of hydrogen-bond acceptors (Lipinski definition) is 0. The standard InChI is InChI=1S/C20H37/c1-3-5-7-9-11-13-15-17-19-20-18-16-14-12-10-8-6-4-2/h3,5,18,20H,1,4,6-17,19H2,2H3/b20-18-. The van der Waals surface area contributed by atoms with Crippen LogP contribution in [0.3, 0.4) is 0 Å². The fourth-order valence-electron chi connectivity index (χ4n) is 2.45. The van der Waals surface area contributed by atoms with Gasteiger partial charge in [0, 0.05) is 0 Å². The molecule has 0 bridgehead atoms. The summed E-state index contributed by atoms with van der Waals surface area (Å²) < 4.78 is 0. The number of allylic oxidation sites excluding steroid dienone is 3. The van der Waals surface area contributed by atoms with Gasteiger partial charge >= 0.3 is 0 Å². The summed E-state index contributed by atoms with van der Waals surface area (Å²) in [6.45, 7) is 5.99. The molecule has 0 unspecified atom stereocenters. The van der Waals surface area contributed by atoms with Gasteiger partial charge in [0.1, 0.15) is 0 Å². The molecule has 1 radical (unpaired) electrons. The molecular formula is C20H37. The van der Waals surface area contributed by atoms with Crippen LogP contribution in [0.2, 0.25) is 0 Å². The molecule has 0 aromatic heterocycles. The Bertz CT molecular complexity index is 202. The lowest BCUT2D eigenvalue weighted by molar-refractivity contribution is 0.608. The molecule has 0 rings (SSSR count). The van der Waals surface area contributed by atoms with Crippen molar-refractivity contribution in [2.75, 3.05) is 0 Å². The summed E-state index contributed by atoms with van der Waals surface area (Å²) in [5.41, 5.74) is 0. The highest BCUT2D eigenvalue weighted by Crippen LogP contribution is 2.10. The van der Waals surface area contributed by atoms with Crippen molar-refractivity contribution in [1.29, 1.82) is 0 Å². The Balaban J connectivity index is 3.03. The van der Waals surface area contributed by atoms with Gasteiger partial charge in [-0.1, -0.05) is 82.9 Å². The largest absolute Gasteiger partial charge is 0.103 e. The smallest absolute Gasteiger partial charge is 0.0173 e. The van der Waals surface area contributed by atoms with Crippen LogP contribution in [0.15, 0.2) is 24.8 Å². The molecule has 0 amide bonds. The third-order valence-corrected chi connectivity index (χ3v) is 3.80. The highest BCUT2D eigenvalue weighted by molar-refractivity contribution is 4.85. The molecule has 0 fully saturated rings. The third-order valence-electron chi connectivity index (χ3n) is 3.80. The molecule has 0 aromatic carbocycles. The molecule has 117 valence electrons. The number of unbranched alkanes of at least 4 members (excludes halogenated alkanes) is 13. The van der Waals surface area contributed by atoms with Crippen LogP contribution in [-0.4, -0.2) is 0 Å². The highest BCUT2D eigenvalue weighted by Gasteiger charge is 1.90. The molecule has 20 heavy (non-hydrogen) atoms. The number of rotatable bonds is 16. The van der Waals surface area contributed by atoms with Gasteiger partial charge in [0.2, 0.25) is 0 Å². The Morgan fingerprint density at radius 3 is 1.55 bits per heavy atom. The Morgan fingerprint density at radius 1 is 0.600 bits per heavy atom. The van der Waals surface area contributed by atoms with Gasteiger partial charge < -0.3 is 0 Å². The normalized spacial score (nSPS) is 11.2. The van der Waals surface area contributed by atoms with E-state index in [0.717, 1.165) is 0 Å². The summed E-state index contributed by atoms with van der Waals surface area (Å²) in [4.78, 5) is 0. The molecule has 0 N–H and O–H groups in total. The summed E-state index contributed by atoms with van der Waals surface area (Å²) in [6, 6.07) is 0. The molecule has 0 aromatic rings. The average Bonchev–Trinajstić information content (AvgIpc) is 2.47. The van der Waals surface area contributed by atoms with Crippen LogP contribution in [0.25, 0.3) is 0 Å². The topological polar surface area (TPSA) is 0 Å². The Labute approximate surface area is 128 Å². The zero-order valence-corrected chi connectivity index (χ0v) is 13.9. The van der Waals surface area contributed by atoms with E-state index in [4.69, 9.17) is 0 Å². The summed E-state index contributed by atoms with van der Waals surface area (Å²) >= 11 is 0. The summed E-state index contributed by atoms with van der Waals surface area (Å²) in [5.74, 6) is 0. The quantitative estimate of drug-likeness (QED) is 0.203. The van der Waals surface area contributed by atoms with E-state index in [1.807, 2.05) is 6.08 Å². The SMILES string of the molecule is C=C[CH]CCCCCCC/C=C\CCCCCCCC. The van der Waals surface area contributed by atoms with Gasteiger partial charge in [-0.15, -0.1) is 6.58 Å². The van der Waals surface area contributed by atoms with Crippen LogP contribution in [0, 0.1) is 6.42 Å². The van der Waals surface area contributed by atoms with E-state index in [9.17, 15) is 0 Å². The summed E-state index contributed by atoms with van der Waals surface area (Å²) in [5, 5.41) is 0. The second-order valence-corrected chi connectivity index (χ2v) is 5.84. The van der Waals surface area contributed by atoms with E-state index in [2.05, 4.69) is 32.1 Å². The molecule has 0 aliphatic carbocycles. The monoisotopic (exact) mass is 277 g/mol. The van der Waals surface area contributed by atoms with E-state index in [-0.39, 0.29) is 0 Å². The van der Waals surface area contributed by atoms with Gasteiger partial charge in [0.05, 0.1) is 0 Å². The molecule has 0 aliphatic rings. The van der Waals surface area contributed by atoms with Crippen LogP contribution in [-0.2, 0) is 0 Å². The Hall–Kier alpha value is -0.520. The first kappa shape index (κ1) is 19.5. The van der Waals surface area contributed by atoms with E-state index in [1.165, 1.54) is 89.9 Å². The maximum absolute atomic E-state index is 3.70. The van der Waals surface area contributed by atoms with Gasteiger partial charge in [-0.3, -0.25) is 0 Å². The van der Waals surface area contributed by atoms with Crippen LogP contribution in [0.4, 0.5) is 0 Å². The first-order chi connectivity index (χ1) is 9.91. The second-order valence-electron chi connectivity index (χ2n) is 5.84. The molecule has 0 heteroatoms. The van der Waals surface area contributed by atoms with Gasteiger partial charge in [0.15, 0.2) is 0 Å². The van der Waals surface area contributed by atoms with Crippen molar-refractivity contribution in [2.45, 2.75) is 96.8 Å². The van der Waals surface area contributed by atoms with Crippen LogP contribution in [0.1, 0.15) is 96.8 Å². The van der Waals surface area contributed by atoms with Crippen molar-refractivity contribution in [3.63, 3.8) is 0 Å². The lowest BCUT2D eigenvalue weighted by atomic mass is 10.1. The molecule has 0 atom stereocenters. The summed E-state index contributed by atoms with van der Waals surface area (Å²) in [7, 11) is 0. The molecule has 0 heterocycles. The fraction of sp³-hybridized carbons (Fsp3) is 0.750. The van der Waals surface area contributed by atoms with Crippen molar-refractivity contribution in [2.24, 2.45) is 0 Å². The lowest BCUT2D eigenvalue weighted by Crippen LogP contribution is -1.80. The van der Waals surface area contributed by atoms with E-state index < -0.39 is 0 Å². The second kappa shape index (κ2) is 18.5. The Morgan fingerprint density at radius 2 is 1.05 bits per heavy atom. The van der Waals surface area contributed by atoms with Crippen molar-refractivity contribution in [3.05, 3.63) is 31.2 Å². The Kier molecular flexibility index (Phi) is 18.0. The fourth-order valence-corrected chi connectivity index (χ4v) is 2.45. The van der Waals surface area contributed by atoms with Crippen LogP contribution in [0.5, 0.6) is 0 Å². The zero-order valence-electron chi connectivity index (χ0n) is 13.9. The molecule has 0 saturated heterocycles. The van der Waals surface area contributed by atoms with Gasteiger partial charge in [0.25, 0.3) is 0 Å². The highest BCUT2D eigenvalue weighted by atomic mass is 14.0. The van der Waals surface area contributed by atoms with Gasteiger partial charge in [-0.2, -0.15) is 0 Å². The van der Waals surface area contributed by atoms with Crippen molar-refractivity contribution < 1.29 is 0 Å². The van der Waals surface area contributed by atoms with E-state index in [1.54, 1.807) is 0 Å². The molecule has 0 nitrogen and oxygen atoms in total. The third kappa shape index (κ3) is 17.5. The molecule has 0 spiro atoms. The van der Waals surface area contributed by atoms with Crippen molar-refractivity contribution >= 4 is 0 Å². The summed E-state index contributed by atoms with van der Waals surface area (Å²) in [6.07, 6.45) is 28.0. The minimum Gasteiger partial charge on any atom is -0.103 e. The lowest BCUT2D eigenvalue weighted by Gasteiger charge is -1.99. The van der Waals surface area contributed by atoms with Crippen LogP contribution < -0.4 is 0 Å². The first-order valence-electron chi connectivity index (χ1n) is 9.01. The molecule has 0 aliphatic heterocycles. The van der Waals surface area contributed by atoms with E-state index >= 15 is 0 Å². The first-order valence-corrected chi connectivity index (χ1v) is 9.01. The van der Waals surface area contributed by atoms with Gasteiger partial charge in [-0.25, -0.2) is 0 Å². The zero-order chi connectivity index (χ0) is 14.7. The van der Waals surface area contributed by atoms with Crippen molar-refractivity contribution in [1.82, 2.24) is 0 Å². The maximum atomic E-state index is 3.70. The molecule has 0 saturated carbocycles. The predicted molar refractivity (Wildman–Crippen MR) is 93.9 cm³/mol. The van der Waals surface area contributed by atoms with Crippen molar-refractivity contribution in [3.8, 4) is 0 Å². The number of hydrogen-bond donors (Lipinski definition) is 0. The van der Waals surface area contributed by atoms with Gasteiger partial charge in [-0.05, 0) is 38.5 Å². The average molecular weight is 278 g/mol. The maximum Gasteiger partial charge on any atom is -0.0173 e. The molecular weight excluding hydrogens is 240 g/mol. The minimum absolute atomic E-state index is 1.21.